The summed E-state index contributed by atoms with van der Waals surface area (Å²) in [5.41, 5.74) is 1.36. The van der Waals surface area contributed by atoms with Gasteiger partial charge in [-0.25, -0.2) is 9.18 Å². The molecule has 8 heteroatoms. The van der Waals surface area contributed by atoms with Crippen LogP contribution in [-0.2, 0) is 4.79 Å². The van der Waals surface area contributed by atoms with E-state index in [0.29, 0.717) is 26.9 Å². The van der Waals surface area contributed by atoms with Gasteiger partial charge in [-0.2, -0.15) is 0 Å². The summed E-state index contributed by atoms with van der Waals surface area (Å²) in [6, 6.07) is 15.1. The largest absolute Gasteiger partial charge is 0.482 e. The fourth-order valence-electron chi connectivity index (χ4n) is 2.61. The smallest absolute Gasteiger partial charge is 0.341 e. The van der Waals surface area contributed by atoms with Crippen molar-refractivity contribution in [1.82, 2.24) is 0 Å². The lowest BCUT2D eigenvalue weighted by atomic mass is 10.0. The lowest BCUT2D eigenvalue weighted by molar-refractivity contribution is -0.139. The van der Waals surface area contributed by atoms with E-state index in [1.807, 2.05) is 0 Å². The Morgan fingerprint density at radius 2 is 1.69 bits per heavy atom. The molecule has 1 amide bonds. The number of rotatable bonds is 6. The van der Waals surface area contributed by atoms with Crippen LogP contribution in [0.15, 0.2) is 60.7 Å². The minimum absolute atomic E-state index is 0.171. The Kier molecular flexibility index (Phi) is 6.36. The molecule has 0 atom stereocenters. The molecule has 0 bridgehead atoms. The SMILES string of the molecule is O=C(O)COc1cccc(NC(=O)c2cc(-c3cc(Cl)cc(Cl)c3)ccc2F)c1. The zero-order valence-electron chi connectivity index (χ0n) is 14.8. The van der Waals surface area contributed by atoms with Crippen LogP contribution in [0.5, 0.6) is 5.75 Å². The van der Waals surface area contributed by atoms with Crippen molar-refractivity contribution >= 4 is 40.8 Å². The summed E-state index contributed by atoms with van der Waals surface area (Å²) in [5.74, 6) is -2.24. The van der Waals surface area contributed by atoms with Crippen molar-refractivity contribution in [1.29, 1.82) is 0 Å². The molecule has 3 aromatic carbocycles. The number of carbonyl (C=O) groups excluding carboxylic acids is 1. The number of hydrogen-bond acceptors (Lipinski definition) is 3. The molecule has 148 valence electrons. The number of hydrogen-bond donors (Lipinski definition) is 2. The number of carboxylic acid groups (broad SMARTS) is 1. The Morgan fingerprint density at radius 1 is 0.966 bits per heavy atom. The number of halogens is 3. The van der Waals surface area contributed by atoms with Crippen LogP contribution in [-0.4, -0.2) is 23.6 Å². The Hall–Kier alpha value is -3.09. The van der Waals surface area contributed by atoms with Crippen LogP contribution in [0, 0.1) is 5.82 Å². The van der Waals surface area contributed by atoms with E-state index in [4.69, 9.17) is 33.0 Å². The topological polar surface area (TPSA) is 75.6 Å². The Labute approximate surface area is 175 Å². The summed E-state index contributed by atoms with van der Waals surface area (Å²) in [4.78, 5) is 23.2. The second-order valence-electron chi connectivity index (χ2n) is 6.02. The van der Waals surface area contributed by atoms with Crippen molar-refractivity contribution in [2.45, 2.75) is 0 Å². The van der Waals surface area contributed by atoms with E-state index in [-0.39, 0.29) is 11.3 Å². The predicted molar refractivity (Wildman–Crippen MR) is 109 cm³/mol. The molecule has 0 saturated heterocycles. The van der Waals surface area contributed by atoms with Gasteiger partial charge in [0.1, 0.15) is 11.6 Å². The molecule has 29 heavy (non-hydrogen) atoms. The first-order valence-corrected chi connectivity index (χ1v) is 9.09. The van der Waals surface area contributed by atoms with E-state index >= 15 is 0 Å². The predicted octanol–water partition coefficient (Wildman–Crippen LogP) is 5.52. The second-order valence-corrected chi connectivity index (χ2v) is 6.89. The fourth-order valence-corrected chi connectivity index (χ4v) is 3.13. The standard InChI is InChI=1S/C21H14Cl2FNO4/c22-14-6-13(7-15(23)9-14)12-4-5-19(24)18(8-12)21(28)25-16-2-1-3-17(10-16)29-11-20(26)27/h1-10H,11H2,(H,25,28)(H,26,27). The lowest BCUT2D eigenvalue weighted by Gasteiger charge is -2.10. The molecular weight excluding hydrogens is 420 g/mol. The van der Waals surface area contributed by atoms with Gasteiger partial charge in [0.25, 0.3) is 5.91 Å². The molecule has 0 heterocycles. The molecule has 0 aliphatic heterocycles. The third-order valence-electron chi connectivity index (χ3n) is 3.86. The first-order valence-electron chi connectivity index (χ1n) is 8.34. The fraction of sp³-hybridized carbons (Fsp3) is 0.0476. The molecule has 3 aromatic rings. The first kappa shape index (κ1) is 20.6. The molecule has 0 aliphatic rings. The number of aliphatic carboxylic acids is 1. The minimum Gasteiger partial charge on any atom is -0.482 e. The molecule has 0 aliphatic carbocycles. The molecule has 5 nitrogen and oxygen atoms in total. The van der Waals surface area contributed by atoms with Crippen molar-refractivity contribution in [2.75, 3.05) is 11.9 Å². The van der Waals surface area contributed by atoms with Gasteiger partial charge in [-0.3, -0.25) is 4.79 Å². The summed E-state index contributed by atoms with van der Waals surface area (Å²) in [5, 5.41) is 12.1. The Bertz CT molecular complexity index is 1070. The summed E-state index contributed by atoms with van der Waals surface area (Å²) in [6.07, 6.45) is 0. The maximum atomic E-state index is 14.3. The third-order valence-corrected chi connectivity index (χ3v) is 4.30. The highest BCUT2D eigenvalue weighted by Crippen LogP contribution is 2.29. The quantitative estimate of drug-likeness (QED) is 0.536. The van der Waals surface area contributed by atoms with Crippen LogP contribution in [0.4, 0.5) is 10.1 Å². The number of carboxylic acids is 1. The molecule has 0 spiro atoms. The van der Waals surface area contributed by atoms with Crippen molar-refractivity contribution in [3.8, 4) is 16.9 Å². The number of carbonyl (C=O) groups is 2. The molecule has 3 rings (SSSR count). The van der Waals surface area contributed by atoms with Crippen LogP contribution in [0.25, 0.3) is 11.1 Å². The molecule has 2 N–H and O–H groups in total. The average molecular weight is 434 g/mol. The summed E-state index contributed by atoms with van der Waals surface area (Å²) >= 11 is 12.0. The van der Waals surface area contributed by atoms with E-state index in [2.05, 4.69) is 5.32 Å². The van der Waals surface area contributed by atoms with Crippen LogP contribution >= 0.6 is 23.2 Å². The van der Waals surface area contributed by atoms with Crippen LogP contribution in [0.1, 0.15) is 10.4 Å². The first-order chi connectivity index (χ1) is 13.8. The van der Waals surface area contributed by atoms with Crippen LogP contribution < -0.4 is 10.1 Å². The zero-order valence-corrected chi connectivity index (χ0v) is 16.3. The highest BCUT2D eigenvalue weighted by molar-refractivity contribution is 6.35. The number of nitrogens with one attached hydrogen (secondary N) is 1. The van der Waals surface area contributed by atoms with Gasteiger partial charge in [-0.05, 0) is 53.6 Å². The van der Waals surface area contributed by atoms with E-state index < -0.39 is 24.3 Å². The number of amides is 1. The maximum absolute atomic E-state index is 14.3. The Balaban J connectivity index is 1.84. The summed E-state index contributed by atoms with van der Waals surface area (Å²) < 4.78 is 19.4. The van der Waals surface area contributed by atoms with E-state index in [0.717, 1.165) is 0 Å². The lowest BCUT2D eigenvalue weighted by Crippen LogP contribution is -2.14. The van der Waals surface area contributed by atoms with E-state index in [1.54, 1.807) is 36.4 Å². The number of ether oxygens (including phenoxy) is 1. The third kappa shape index (κ3) is 5.47. The summed E-state index contributed by atoms with van der Waals surface area (Å²) in [6.45, 7) is -0.518. The molecule has 0 unspecified atom stereocenters. The van der Waals surface area contributed by atoms with Crippen molar-refractivity contribution in [2.24, 2.45) is 0 Å². The van der Waals surface area contributed by atoms with Gasteiger partial charge in [0.05, 0.1) is 5.56 Å². The highest BCUT2D eigenvalue weighted by atomic mass is 35.5. The van der Waals surface area contributed by atoms with Crippen LogP contribution in [0.2, 0.25) is 10.0 Å². The number of benzene rings is 3. The van der Waals surface area contributed by atoms with E-state index in [9.17, 15) is 14.0 Å². The zero-order chi connectivity index (χ0) is 21.0. The molecule has 0 saturated carbocycles. The molecule has 0 fully saturated rings. The summed E-state index contributed by atoms with van der Waals surface area (Å²) in [7, 11) is 0. The normalized spacial score (nSPS) is 10.4. The van der Waals surface area contributed by atoms with Crippen molar-refractivity contribution in [3.63, 3.8) is 0 Å². The van der Waals surface area contributed by atoms with Crippen LogP contribution in [0.3, 0.4) is 0 Å². The number of anilines is 1. The average Bonchev–Trinajstić information content (AvgIpc) is 2.66. The highest BCUT2D eigenvalue weighted by Gasteiger charge is 2.14. The monoisotopic (exact) mass is 433 g/mol. The van der Waals surface area contributed by atoms with Gasteiger partial charge >= 0.3 is 5.97 Å². The van der Waals surface area contributed by atoms with Crippen molar-refractivity contribution < 1.29 is 23.8 Å². The maximum Gasteiger partial charge on any atom is 0.341 e. The van der Waals surface area contributed by atoms with Crippen molar-refractivity contribution in [3.05, 3.63) is 82.1 Å². The van der Waals surface area contributed by atoms with Gasteiger partial charge < -0.3 is 15.2 Å². The molecular formula is C21H14Cl2FNO4. The van der Waals surface area contributed by atoms with E-state index in [1.165, 1.54) is 24.3 Å². The molecule has 0 radical (unpaired) electrons. The van der Waals surface area contributed by atoms with Gasteiger partial charge in [0.2, 0.25) is 0 Å². The van der Waals surface area contributed by atoms with Gasteiger partial charge in [-0.15, -0.1) is 0 Å². The Morgan fingerprint density at radius 3 is 2.38 bits per heavy atom. The van der Waals surface area contributed by atoms with Gasteiger partial charge in [0.15, 0.2) is 6.61 Å². The van der Waals surface area contributed by atoms with Gasteiger partial charge in [-0.1, -0.05) is 35.3 Å². The minimum atomic E-state index is -1.13. The molecule has 0 aromatic heterocycles. The van der Waals surface area contributed by atoms with Gasteiger partial charge in [0, 0.05) is 21.8 Å². The second kappa shape index (κ2) is 8.94.